The van der Waals surface area contributed by atoms with Crippen molar-refractivity contribution in [3.8, 4) is 0 Å². The van der Waals surface area contributed by atoms with E-state index in [2.05, 4.69) is 0 Å². The lowest BCUT2D eigenvalue weighted by Crippen LogP contribution is -2.51. The van der Waals surface area contributed by atoms with Crippen molar-refractivity contribution < 1.29 is 4.79 Å². The van der Waals surface area contributed by atoms with Crippen molar-refractivity contribution in [2.24, 2.45) is 5.73 Å². The zero-order chi connectivity index (χ0) is 14.6. The van der Waals surface area contributed by atoms with Gasteiger partial charge in [0.25, 0.3) is 0 Å². The van der Waals surface area contributed by atoms with Gasteiger partial charge in [-0.3, -0.25) is 4.79 Å². The number of rotatable bonds is 4. The lowest BCUT2D eigenvalue weighted by Gasteiger charge is -2.29. The minimum Gasteiger partial charge on any atom is -0.318 e. The average Bonchev–Trinajstić information content (AvgIpc) is 2.45. The second kappa shape index (κ2) is 5.88. The van der Waals surface area contributed by atoms with Gasteiger partial charge in [-0.2, -0.15) is 0 Å². The summed E-state index contributed by atoms with van der Waals surface area (Å²) < 4.78 is 0. The Morgan fingerprint density at radius 2 is 1.50 bits per heavy atom. The van der Waals surface area contributed by atoms with Crippen LogP contribution in [0.3, 0.4) is 0 Å². The first-order valence-electron chi connectivity index (χ1n) is 6.68. The van der Waals surface area contributed by atoms with Crippen LogP contribution in [-0.2, 0) is 11.3 Å². The third-order valence-electron chi connectivity index (χ3n) is 3.05. The first-order valence-corrected chi connectivity index (χ1v) is 6.68. The van der Waals surface area contributed by atoms with Crippen LogP contribution >= 0.6 is 0 Å². The summed E-state index contributed by atoms with van der Waals surface area (Å²) >= 11 is 0. The van der Waals surface area contributed by atoms with Crippen LogP contribution in [0.25, 0.3) is 0 Å². The van der Waals surface area contributed by atoms with Crippen molar-refractivity contribution in [2.75, 3.05) is 4.90 Å². The molecule has 2 aromatic carbocycles. The van der Waals surface area contributed by atoms with E-state index < -0.39 is 5.54 Å². The topological polar surface area (TPSA) is 46.3 Å². The first-order chi connectivity index (χ1) is 9.48. The number of carbonyl (C=O) groups is 1. The Morgan fingerprint density at radius 1 is 1.00 bits per heavy atom. The van der Waals surface area contributed by atoms with Crippen molar-refractivity contribution in [3.63, 3.8) is 0 Å². The molecule has 2 rings (SSSR count). The van der Waals surface area contributed by atoms with Gasteiger partial charge in [-0.05, 0) is 31.5 Å². The fourth-order valence-electron chi connectivity index (χ4n) is 2.00. The second-order valence-electron chi connectivity index (χ2n) is 5.43. The van der Waals surface area contributed by atoms with Crippen LogP contribution < -0.4 is 10.6 Å². The number of carbonyl (C=O) groups excluding carboxylic acids is 1. The maximum absolute atomic E-state index is 12.6. The molecule has 0 bridgehead atoms. The zero-order valence-electron chi connectivity index (χ0n) is 11.9. The summed E-state index contributed by atoms with van der Waals surface area (Å²) in [6.45, 7) is 3.98. The van der Waals surface area contributed by atoms with Crippen LogP contribution in [0.15, 0.2) is 60.7 Å². The lowest BCUT2D eigenvalue weighted by molar-refractivity contribution is -0.122. The molecular weight excluding hydrogens is 248 g/mol. The minimum atomic E-state index is -0.898. The van der Waals surface area contributed by atoms with Gasteiger partial charge in [0.05, 0.1) is 12.1 Å². The van der Waals surface area contributed by atoms with E-state index in [0.29, 0.717) is 6.54 Å². The Hall–Kier alpha value is -2.13. The quantitative estimate of drug-likeness (QED) is 0.926. The summed E-state index contributed by atoms with van der Waals surface area (Å²) in [5.41, 5.74) is 7.02. The van der Waals surface area contributed by atoms with Crippen molar-refractivity contribution in [3.05, 3.63) is 66.2 Å². The highest BCUT2D eigenvalue weighted by Crippen LogP contribution is 2.20. The van der Waals surface area contributed by atoms with Gasteiger partial charge in [-0.15, -0.1) is 0 Å². The molecule has 3 nitrogen and oxygen atoms in total. The summed E-state index contributed by atoms with van der Waals surface area (Å²) in [5, 5.41) is 0. The summed E-state index contributed by atoms with van der Waals surface area (Å²) in [6, 6.07) is 19.5. The van der Waals surface area contributed by atoms with E-state index in [-0.39, 0.29) is 5.91 Å². The summed E-state index contributed by atoms with van der Waals surface area (Å²) in [5.74, 6) is -0.0902. The Kier molecular flexibility index (Phi) is 4.20. The molecule has 0 aliphatic heterocycles. The molecule has 3 heteroatoms. The van der Waals surface area contributed by atoms with E-state index in [0.717, 1.165) is 11.3 Å². The predicted molar refractivity (Wildman–Crippen MR) is 82.3 cm³/mol. The van der Waals surface area contributed by atoms with Crippen molar-refractivity contribution >= 4 is 11.6 Å². The standard InChI is InChI=1S/C17H20N2O/c1-17(2,18)16(20)19(15-11-7-4-8-12-15)13-14-9-5-3-6-10-14/h3-12H,13,18H2,1-2H3. The predicted octanol–water partition coefficient (Wildman–Crippen LogP) is 2.96. The first kappa shape index (κ1) is 14.3. The fourth-order valence-corrected chi connectivity index (χ4v) is 2.00. The lowest BCUT2D eigenvalue weighted by atomic mass is 10.0. The molecule has 0 radical (unpaired) electrons. The molecular formula is C17H20N2O. The van der Waals surface area contributed by atoms with Crippen LogP contribution in [0.5, 0.6) is 0 Å². The Balaban J connectivity index is 2.33. The molecule has 0 atom stereocenters. The van der Waals surface area contributed by atoms with Crippen molar-refractivity contribution in [1.29, 1.82) is 0 Å². The largest absolute Gasteiger partial charge is 0.318 e. The summed E-state index contributed by atoms with van der Waals surface area (Å²) in [7, 11) is 0. The van der Waals surface area contributed by atoms with Gasteiger partial charge < -0.3 is 10.6 Å². The molecule has 0 aliphatic rings. The fraction of sp³-hybridized carbons (Fsp3) is 0.235. The number of nitrogens with zero attached hydrogens (tertiary/aromatic N) is 1. The highest BCUT2D eigenvalue weighted by molar-refractivity contribution is 5.99. The Morgan fingerprint density at radius 3 is 2.00 bits per heavy atom. The third-order valence-corrected chi connectivity index (χ3v) is 3.05. The van der Waals surface area contributed by atoms with Gasteiger partial charge in [-0.25, -0.2) is 0 Å². The maximum atomic E-state index is 12.6. The molecule has 2 N–H and O–H groups in total. The summed E-state index contributed by atoms with van der Waals surface area (Å²) in [4.78, 5) is 14.3. The third kappa shape index (κ3) is 3.45. The van der Waals surface area contributed by atoms with E-state index in [9.17, 15) is 4.79 Å². The molecule has 1 amide bonds. The minimum absolute atomic E-state index is 0.0902. The molecule has 0 aromatic heterocycles. The van der Waals surface area contributed by atoms with Gasteiger partial charge in [0.15, 0.2) is 0 Å². The van der Waals surface area contributed by atoms with Crippen LogP contribution in [0.2, 0.25) is 0 Å². The molecule has 2 aromatic rings. The SMILES string of the molecule is CC(C)(N)C(=O)N(Cc1ccccc1)c1ccccc1. The molecule has 0 saturated carbocycles. The highest BCUT2D eigenvalue weighted by atomic mass is 16.2. The van der Waals surface area contributed by atoms with Crippen LogP contribution in [0.1, 0.15) is 19.4 Å². The molecule has 0 heterocycles. The second-order valence-corrected chi connectivity index (χ2v) is 5.43. The van der Waals surface area contributed by atoms with Crippen LogP contribution in [0.4, 0.5) is 5.69 Å². The average molecular weight is 268 g/mol. The normalized spacial score (nSPS) is 11.2. The molecule has 20 heavy (non-hydrogen) atoms. The zero-order valence-corrected chi connectivity index (χ0v) is 11.9. The number of nitrogens with two attached hydrogens (primary N) is 1. The molecule has 0 saturated heterocycles. The smallest absolute Gasteiger partial charge is 0.246 e. The number of hydrogen-bond donors (Lipinski definition) is 1. The van der Waals surface area contributed by atoms with Crippen LogP contribution in [0, 0.1) is 0 Å². The van der Waals surface area contributed by atoms with E-state index >= 15 is 0 Å². The number of amides is 1. The molecule has 0 unspecified atom stereocenters. The van der Waals surface area contributed by atoms with E-state index in [1.54, 1.807) is 18.7 Å². The van der Waals surface area contributed by atoms with Crippen molar-refractivity contribution in [2.45, 2.75) is 25.9 Å². The summed E-state index contributed by atoms with van der Waals surface area (Å²) in [6.07, 6.45) is 0. The number of para-hydroxylation sites is 1. The maximum Gasteiger partial charge on any atom is 0.246 e. The molecule has 104 valence electrons. The van der Waals surface area contributed by atoms with E-state index in [4.69, 9.17) is 5.73 Å². The van der Waals surface area contributed by atoms with Gasteiger partial charge in [0.2, 0.25) is 5.91 Å². The van der Waals surface area contributed by atoms with Gasteiger partial charge in [-0.1, -0.05) is 48.5 Å². The number of anilines is 1. The Bertz CT molecular complexity index is 559. The number of benzene rings is 2. The van der Waals surface area contributed by atoms with E-state index in [1.165, 1.54) is 0 Å². The van der Waals surface area contributed by atoms with Gasteiger partial charge in [0.1, 0.15) is 0 Å². The van der Waals surface area contributed by atoms with Gasteiger partial charge in [0, 0.05) is 5.69 Å². The monoisotopic (exact) mass is 268 g/mol. The highest BCUT2D eigenvalue weighted by Gasteiger charge is 2.28. The van der Waals surface area contributed by atoms with Crippen LogP contribution in [-0.4, -0.2) is 11.4 Å². The number of hydrogen-bond acceptors (Lipinski definition) is 2. The molecule has 0 spiro atoms. The molecule has 0 fully saturated rings. The van der Waals surface area contributed by atoms with Gasteiger partial charge >= 0.3 is 0 Å². The Labute approximate surface area is 120 Å². The van der Waals surface area contributed by atoms with Crippen molar-refractivity contribution in [1.82, 2.24) is 0 Å². The molecule has 0 aliphatic carbocycles. The van der Waals surface area contributed by atoms with E-state index in [1.807, 2.05) is 60.7 Å².